The van der Waals surface area contributed by atoms with Crippen LogP contribution in [0.5, 0.6) is 0 Å². The van der Waals surface area contributed by atoms with E-state index in [1.807, 2.05) is 37.3 Å². The molecule has 5 heteroatoms. The Morgan fingerprint density at radius 3 is 2.68 bits per heavy atom. The Hall–Kier alpha value is -1.33. The number of nitrogens with one attached hydrogen (secondary N) is 1. The van der Waals surface area contributed by atoms with Gasteiger partial charge in [0.1, 0.15) is 0 Å². The summed E-state index contributed by atoms with van der Waals surface area (Å²) < 4.78 is 1.71. The van der Waals surface area contributed by atoms with Gasteiger partial charge in [-0.1, -0.05) is 28.1 Å². The van der Waals surface area contributed by atoms with Crippen LogP contribution in [0.3, 0.4) is 0 Å². The Kier molecular flexibility index (Phi) is 4.27. The zero-order chi connectivity index (χ0) is 14.0. The summed E-state index contributed by atoms with van der Waals surface area (Å²) in [5.41, 5.74) is 8.49. The molecule has 0 radical (unpaired) electrons. The number of hydrogen-bond acceptors (Lipinski definition) is 2. The van der Waals surface area contributed by atoms with Gasteiger partial charge in [-0.15, -0.1) is 0 Å². The first-order valence-corrected chi connectivity index (χ1v) is 7.19. The van der Waals surface area contributed by atoms with Crippen molar-refractivity contribution in [3.05, 3.63) is 56.5 Å². The summed E-state index contributed by atoms with van der Waals surface area (Å²) in [5, 5.41) is 2.84. The third kappa shape index (κ3) is 3.16. The number of aryl methyl sites for hydroxylation is 1. The number of halogens is 2. The molecule has 0 aliphatic rings. The van der Waals surface area contributed by atoms with Crippen LogP contribution in [0.4, 0.5) is 11.4 Å². The largest absolute Gasteiger partial charge is 0.398 e. The zero-order valence-electron chi connectivity index (χ0n) is 10.2. The van der Waals surface area contributed by atoms with E-state index in [9.17, 15) is 4.79 Å². The van der Waals surface area contributed by atoms with E-state index in [4.69, 9.17) is 5.73 Å². The molecule has 2 aromatic rings. The van der Waals surface area contributed by atoms with Crippen LogP contribution in [-0.4, -0.2) is 5.91 Å². The molecule has 0 saturated heterocycles. The van der Waals surface area contributed by atoms with Crippen molar-refractivity contribution in [1.82, 2.24) is 0 Å². The number of carbonyl (C=O) groups is 1. The van der Waals surface area contributed by atoms with Gasteiger partial charge in [-0.05, 0) is 52.7 Å². The van der Waals surface area contributed by atoms with E-state index in [1.54, 1.807) is 6.07 Å². The summed E-state index contributed by atoms with van der Waals surface area (Å²) in [5.74, 6) is -0.222. The number of amides is 1. The number of anilines is 2. The smallest absolute Gasteiger partial charge is 0.257 e. The molecule has 3 N–H and O–H groups in total. The summed E-state index contributed by atoms with van der Waals surface area (Å²) in [7, 11) is 0. The van der Waals surface area contributed by atoms with Crippen LogP contribution in [0, 0.1) is 6.92 Å². The lowest BCUT2D eigenvalue weighted by atomic mass is 10.1. The van der Waals surface area contributed by atoms with Crippen LogP contribution >= 0.6 is 31.9 Å². The van der Waals surface area contributed by atoms with Crippen molar-refractivity contribution in [3.8, 4) is 0 Å². The van der Waals surface area contributed by atoms with Gasteiger partial charge in [-0.2, -0.15) is 0 Å². The predicted molar refractivity (Wildman–Crippen MR) is 85.4 cm³/mol. The Labute approximate surface area is 128 Å². The maximum Gasteiger partial charge on any atom is 0.257 e. The van der Waals surface area contributed by atoms with Crippen LogP contribution < -0.4 is 11.1 Å². The molecule has 0 atom stereocenters. The monoisotopic (exact) mass is 382 g/mol. The van der Waals surface area contributed by atoms with Crippen molar-refractivity contribution in [2.45, 2.75) is 6.92 Å². The maximum absolute atomic E-state index is 12.2. The summed E-state index contributed by atoms with van der Waals surface area (Å²) >= 11 is 6.77. The highest BCUT2D eigenvalue weighted by Crippen LogP contribution is 2.27. The number of carbonyl (C=O) groups excluding carboxylic acids is 1. The van der Waals surface area contributed by atoms with Gasteiger partial charge in [0.15, 0.2) is 0 Å². The van der Waals surface area contributed by atoms with Gasteiger partial charge in [0.2, 0.25) is 0 Å². The lowest BCUT2D eigenvalue weighted by Gasteiger charge is -2.10. The topological polar surface area (TPSA) is 55.1 Å². The van der Waals surface area contributed by atoms with Crippen LogP contribution in [-0.2, 0) is 0 Å². The average molecular weight is 384 g/mol. The number of para-hydroxylation sites is 1. The van der Waals surface area contributed by atoms with Gasteiger partial charge in [-0.3, -0.25) is 4.79 Å². The minimum Gasteiger partial charge on any atom is -0.398 e. The predicted octanol–water partition coefficient (Wildman–Crippen LogP) is 4.35. The lowest BCUT2D eigenvalue weighted by molar-refractivity contribution is 0.102. The number of nitrogen functional groups attached to an aromatic ring is 1. The quantitative estimate of drug-likeness (QED) is 0.757. The Morgan fingerprint density at radius 2 is 1.95 bits per heavy atom. The molecule has 0 aromatic heterocycles. The molecule has 1 amide bonds. The molecule has 0 bridgehead atoms. The van der Waals surface area contributed by atoms with E-state index < -0.39 is 0 Å². The maximum atomic E-state index is 12.2. The van der Waals surface area contributed by atoms with Crippen molar-refractivity contribution < 1.29 is 4.79 Å². The minimum atomic E-state index is -0.222. The highest BCUT2D eigenvalue weighted by molar-refractivity contribution is 9.11. The van der Waals surface area contributed by atoms with Crippen LogP contribution in [0.25, 0.3) is 0 Å². The first-order chi connectivity index (χ1) is 8.99. The molecule has 0 aliphatic carbocycles. The van der Waals surface area contributed by atoms with Gasteiger partial charge in [-0.25, -0.2) is 0 Å². The van der Waals surface area contributed by atoms with Crippen molar-refractivity contribution in [1.29, 1.82) is 0 Å². The second-order valence-electron chi connectivity index (χ2n) is 4.11. The normalized spacial score (nSPS) is 10.3. The molecular weight excluding hydrogens is 372 g/mol. The van der Waals surface area contributed by atoms with Crippen molar-refractivity contribution >= 4 is 49.1 Å². The van der Waals surface area contributed by atoms with E-state index >= 15 is 0 Å². The van der Waals surface area contributed by atoms with Gasteiger partial charge in [0.05, 0.1) is 11.3 Å². The van der Waals surface area contributed by atoms with Gasteiger partial charge in [0.25, 0.3) is 5.91 Å². The van der Waals surface area contributed by atoms with Crippen molar-refractivity contribution in [2.24, 2.45) is 0 Å². The summed E-state index contributed by atoms with van der Waals surface area (Å²) in [6.45, 7) is 1.88. The van der Waals surface area contributed by atoms with E-state index in [2.05, 4.69) is 37.2 Å². The van der Waals surface area contributed by atoms with E-state index in [-0.39, 0.29) is 5.91 Å². The molecule has 0 unspecified atom stereocenters. The van der Waals surface area contributed by atoms with Crippen LogP contribution in [0.2, 0.25) is 0 Å². The second kappa shape index (κ2) is 5.75. The Morgan fingerprint density at radius 1 is 1.21 bits per heavy atom. The van der Waals surface area contributed by atoms with E-state index in [1.165, 1.54) is 0 Å². The molecular formula is C14H12Br2N2O. The lowest BCUT2D eigenvalue weighted by Crippen LogP contribution is -2.15. The molecule has 98 valence electrons. The molecule has 3 nitrogen and oxygen atoms in total. The average Bonchev–Trinajstić information content (AvgIpc) is 2.37. The summed E-state index contributed by atoms with van der Waals surface area (Å²) in [4.78, 5) is 12.2. The van der Waals surface area contributed by atoms with E-state index in [0.29, 0.717) is 16.9 Å². The number of benzene rings is 2. The number of rotatable bonds is 2. The molecule has 19 heavy (non-hydrogen) atoms. The van der Waals surface area contributed by atoms with Crippen LogP contribution in [0.1, 0.15) is 15.9 Å². The minimum absolute atomic E-state index is 0.222. The molecule has 2 aromatic carbocycles. The fraction of sp³-hybridized carbons (Fsp3) is 0.0714. The zero-order valence-corrected chi connectivity index (χ0v) is 13.4. The first kappa shape index (κ1) is 14.1. The third-order valence-electron chi connectivity index (χ3n) is 2.75. The molecule has 0 aliphatic heterocycles. The molecule has 0 spiro atoms. The fourth-order valence-electron chi connectivity index (χ4n) is 1.66. The standard InChI is InChI=1S/C14H12Br2N2O/c1-8-3-2-4-10(13(8)17)14(19)18-12-7-9(15)5-6-11(12)16/h2-7H,17H2,1H3,(H,18,19). The highest BCUT2D eigenvalue weighted by atomic mass is 79.9. The van der Waals surface area contributed by atoms with Crippen LogP contribution in [0.15, 0.2) is 45.3 Å². The third-order valence-corrected chi connectivity index (χ3v) is 3.93. The Bertz CT molecular complexity index is 641. The SMILES string of the molecule is Cc1cccc(C(=O)Nc2cc(Br)ccc2Br)c1N. The second-order valence-corrected chi connectivity index (χ2v) is 5.88. The molecule has 0 saturated carbocycles. The Balaban J connectivity index is 2.31. The fourth-order valence-corrected chi connectivity index (χ4v) is 2.37. The van der Waals surface area contributed by atoms with Gasteiger partial charge < -0.3 is 11.1 Å². The number of hydrogen-bond donors (Lipinski definition) is 2. The van der Waals surface area contributed by atoms with Gasteiger partial charge >= 0.3 is 0 Å². The number of nitrogens with two attached hydrogens (primary N) is 1. The first-order valence-electron chi connectivity index (χ1n) is 5.60. The molecule has 2 rings (SSSR count). The molecule has 0 heterocycles. The summed E-state index contributed by atoms with van der Waals surface area (Å²) in [6, 6.07) is 11.0. The van der Waals surface area contributed by atoms with E-state index in [0.717, 1.165) is 14.5 Å². The van der Waals surface area contributed by atoms with Gasteiger partial charge in [0, 0.05) is 14.6 Å². The van der Waals surface area contributed by atoms with Crippen molar-refractivity contribution in [3.63, 3.8) is 0 Å². The summed E-state index contributed by atoms with van der Waals surface area (Å²) in [6.07, 6.45) is 0. The van der Waals surface area contributed by atoms with Crippen molar-refractivity contribution in [2.75, 3.05) is 11.1 Å². The molecule has 0 fully saturated rings. The highest BCUT2D eigenvalue weighted by Gasteiger charge is 2.12.